The monoisotopic (exact) mass is 280 g/mol. The summed E-state index contributed by atoms with van der Waals surface area (Å²) < 4.78 is 32.7. The minimum absolute atomic E-state index is 0.0402. The molecule has 20 heavy (non-hydrogen) atoms. The van der Waals surface area contributed by atoms with E-state index in [1.807, 2.05) is 20.8 Å². The van der Waals surface area contributed by atoms with Gasteiger partial charge >= 0.3 is 0 Å². The molecule has 0 spiro atoms. The van der Waals surface area contributed by atoms with Crippen molar-refractivity contribution >= 4 is 12.6 Å². The standard InChI is InChI=1S/C15H18F2N2O/c1-6-19-13(18-5)9-20-12-8-10(16)7-11(17)14(12)15(2,3)4/h6-8H,1,5,9H2,2-4H3. The molecule has 0 aliphatic heterocycles. The molecule has 0 aliphatic carbocycles. The van der Waals surface area contributed by atoms with Gasteiger partial charge in [0, 0.05) is 23.9 Å². The average Bonchev–Trinajstić information content (AvgIpc) is 2.31. The van der Waals surface area contributed by atoms with Crippen molar-refractivity contribution in [2.75, 3.05) is 6.61 Å². The number of hydrogen-bond donors (Lipinski definition) is 0. The number of hydrogen-bond acceptors (Lipinski definition) is 2. The highest BCUT2D eigenvalue weighted by Crippen LogP contribution is 2.34. The number of benzene rings is 1. The zero-order valence-corrected chi connectivity index (χ0v) is 11.9. The summed E-state index contributed by atoms with van der Waals surface area (Å²) in [7, 11) is 0. The van der Waals surface area contributed by atoms with Crippen LogP contribution in [0.4, 0.5) is 8.78 Å². The van der Waals surface area contributed by atoms with Gasteiger partial charge in [0.25, 0.3) is 0 Å². The topological polar surface area (TPSA) is 34.0 Å². The van der Waals surface area contributed by atoms with Crippen molar-refractivity contribution < 1.29 is 13.5 Å². The molecule has 0 saturated heterocycles. The molecule has 0 fully saturated rings. The molecule has 1 aromatic rings. The molecule has 5 heteroatoms. The second kappa shape index (κ2) is 6.41. The van der Waals surface area contributed by atoms with Gasteiger partial charge in [-0.25, -0.2) is 18.8 Å². The van der Waals surface area contributed by atoms with Crippen molar-refractivity contribution in [2.45, 2.75) is 26.2 Å². The molecule has 0 heterocycles. The lowest BCUT2D eigenvalue weighted by molar-refractivity contribution is 0.352. The predicted molar refractivity (Wildman–Crippen MR) is 77.7 cm³/mol. The second-order valence-electron chi connectivity index (χ2n) is 5.19. The van der Waals surface area contributed by atoms with Gasteiger partial charge in [0.2, 0.25) is 0 Å². The fraction of sp³-hybridized carbons (Fsp3) is 0.333. The Morgan fingerprint density at radius 1 is 1.35 bits per heavy atom. The number of aliphatic imine (C=N–C) groups is 2. The van der Waals surface area contributed by atoms with Gasteiger partial charge in [-0.1, -0.05) is 27.4 Å². The van der Waals surface area contributed by atoms with Crippen LogP contribution in [-0.2, 0) is 5.41 Å². The minimum atomic E-state index is -0.695. The molecule has 1 rings (SSSR count). The lowest BCUT2D eigenvalue weighted by Crippen LogP contribution is -2.18. The Morgan fingerprint density at radius 3 is 2.50 bits per heavy atom. The van der Waals surface area contributed by atoms with Crippen LogP contribution in [0.3, 0.4) is 0 Å². The molecule has 1 aromatic carbocycles. The Morgan fingerprint density at radius 2 is 2.00 bits per heavy atom. The molecule has 0 aliphatic rings. The van der Waals surface area contributed by atoms with Gasteiger partial charge in [0.15, 0.2) is 5.84 Å². The summed E-state index contributed by atoms with van der Waals surface area (Å²) in [4.78, 5) is 7.48. The van der Waals surface area contributed by atoms with Crippen LogP contribution in [0.2, 0.25) is 0 Å². The van der Waals surface area contributed by atoms with Crippen LogP contribution in [0, 0.1) is 11.6 Å². The second-order valence-corrected chi connectivity index (χ2v) is 5.19. The summed E-state index contributed by atoms with van der Waals surface area (Å²) >= 11 is 0. The van der Waals surface area contributed by atoms with Crippen molar-refractivity contribution in [3.8, 4) is 5.75 Å². The smallest absolute Gasteiger partial charge is 0.165 e. The summed E-state index contributed by atoms with van der Waals surface area (Å²) in [5.41, 5.74) is -0.217. The van der Waals surface area contributed by atoms with Gasteiger partial charge in [-0.2, -0.15) is 0 Å². The number of halogens is 2. The van der Waals surface area contributed by atoms with Crippen molar-refractivity contribution in [3.63, 3.8) is 0 Å². The highest BCUT2D eigenvalue weighted by atomic mass is 19.1. The summed E-state index contributed by atoms with van der Waals surface area (Å²) in [6, 6.07) is 2.00. The summed E-state index contributed by atoms with van der Waals surface area (Å²) in [6.07, 6.45) is 1.30. The van der Waals surface area contributed by atoms with Crippen LogP contribution in [-0.4, -0.2) is 19.2 Å². The molecule has 0 unspecified atom stereocenters. The first kappa shape index (κ1) is 16.0. The van der Waals surface area contributed by atoms with E-state index in [9.17, 15) is 8.78 Å². The number of nitrogens with zero attached hydrogens (tertiary/aromatic N) is 2. The van der Waals surface area contributed by atoms with Crippen LogP contribution in [0.15, 0.2) is 34.9 Å². The minimum Gasteiger partial charge on any atom is -0.485 e. The van der Waals surface area contributed by atoms with E-state index in [0.29, 0.717) is 5.56 Å². The van der Waals surface area contributed by atoms with Crippen molar-refractivity contribution in [2.24, 2.45) is 9.98 Å². The summed E-state index contributed by atoms with van der Waals surface area (Å²) in [5, 5.41) is 0. The van der Waals surface area contributed by atoms with Crippen molar-refractivity contribution in [3.05, 3.63) is 42.1 Å². The Balaban J connectivity index is 3.14. The fourth-order valence-corrected chi connectivity index (χ4v) is 1.76. The maximum absolute atomic E-state index is 14.0. The summed E-state index contributed by atoms with van der Waals surface area (Å²) in [5.74, 6) is -0.916. The van der Waals surface area contributed by atoms with E-state index in [2.05, 4.69) is 23.3 Å². The van der Waals surface area contributed by atoms with E-state index in [0.717, 1.165) is 12.1 Å². The highest BCUT2D eigenvalue weighted by Gasteiger charge is 2.24. The van der Waals surface area contributed by atoms with Crippen LogP contribution >= 0.6 is 0 Å². The van der Waals surface area contributed by atoms with E-state index < -0.39 is 17.0 Å². The molecule has 0 N–H and O–H groups in total. The average molecular weight is 280 g/mol. The van der Waals surface area contributed by atoms with Crippen LogP contribution in [0.25, 0.3) is 0 Å². The van der Waals surface area contributed by atoms with Gasteiger partial charge in [-0.3, -0.25) is 0 Å². The Kier molecular flexibility index (Phi) is 5.13. The van der Waals surface area contributed by atoms with Crippen LogP contribution in [0.5, 0.6) is 5.75 Å². The maximum Gasteiger partial charge on any atom is 0.165 e. The lowest BCUT2D eigenvalue weighted by Gasteiger charge is -2.23. The van der Waals surface area contributed by atoms with Gasteiger partial charge in [0.1, 0.15) is 24.0 Å². The number of amidine groups is 1. The van der Waals surface area contributed by atoms with Crippen molar-refractivity contribution in [1.29, 1.82) is 0 Å². The van der Waals surface area contributed by atoms with E-state index in [1.165, 1.54) is 6.20 Å². The van der Waals surface area contributed by atoms with Crippen LogP contribution in [0.1, 0.15) is 26.3 Å². The third-order valence-corrected chi connectivity index (χ3v) is 2.55. The number of rotatable bonds is 4. The molecular weight excluding hydrogens is 262 g/mol. The van der Waals surface area contributed by atoms with E-state index in [4.69, 9.17) is 4.74 Å². The van der Waals surface area contributed by atoms with Gasteiger partial charge in [-0.05, 0) is 12.1 Å². The van der Waals surface area contributed by atoms with E-state index in [-0.39, 0.29) is 18.2 Å². The fourth-order valence-electron chi connectivity index (χ4n) is 1.76. The SMILES string of the molecule is C=CN=C(COc1cc(F)cc(F)c1C(C)(C)C)N=C. The van der Waals surface area contributed by atoms with Crippen molar-refractivity contribution in [1.82, 2.24) is 0 Å². The third kappa shape index (κ3) is 3.98. The molecule has 0 radical (unpaired) electrons. The molecule has 0 amide bonds. The zero-order valence-electron chi connectivity index (χ0n) is 11.9. The lowest BCUT2D eigenvalue weighted by atomic mass is 9.86. The normalized spacial score (nSPS) is 12.2. The quantitative estimate of drug-likeness (QED) is 0.608. The van der Waals surface area contributed by atoms with Crippen LogP contribution < -0.4 is 4.74 Å². The largest absolute Gasteiger partial charge is 0.485 e. The molecule has 0 atom stereocenters. The Hall–Kier alpha value is -2.04. The van der Waals surface area contributed by atoms with Gasteiger partial charge in [0.05, 0.1) is 0 Å². The predicted octanol–water partition coefficient (Wildman–Crippen LogP) is 3.88. The molecule has 108 valence electrons. The third-order valence-electron chi connectivity index (χ3n) is 2.55. The molecular formula is C15H18F2N2O. The first-order valence-electron chi connectivity index (χ1n) is 6.06. The van der Waals surface area contributed by atoms with E-state index in [1.54, 1.807) is 0 Å². The molecule has 0 bridgehead atoms. The van der Waals surface area contributed by atoms with Gasteiger partial charge < -0.3 is 4.74 Å². The molecule has 0 saturated carbocycles. The Bertz CT molecular complexity index is 546. The highest BCUT2D eigenvalue weighted by molar-refractivity contribution is 5.88. The molecule has 3 nitrogen and oxygen atoms in total. The van der Waals surface area contributed by atoms with E-state index >= 15 is 0 Å². The maximum atomic E-state index is 14.0. The molecule has 0 aromatic heterocycles. The Labute approximate surface area is 117 Å². The first-order valence-corrected chi connectivity index (χ1v) is 6.06. The first-order chi connectivity index (χ1) is 9.29. The van der Waals surface area contributed by atoms with Gasteiger partial charge in [-0.15, -0.1) is 0 Å². The number of ether oxygens (including phenoxy) is 1. The zero-order chi connectivity index (χ0) is 15.3. The summed E-state index contributed by atoms with van der Waals surface area (Å²) in [6.45, 7) is 12.2.